The summed E-state index contributed by atoms with van der Waals surface area (Å²) in [5.41, 5.74) is 1.78. The van der Waals surface area contributed by atoms with Crippen molar-refractivity contribution < 1.29 is 14.6 Å². The predicted octanol–water partition coefficient (Wildman–Crippen LogP) is 5.09. The van der Waals surface area contributed by atoms with Gasteiger partial charge in [0, 0.05) is 30.9 Å². The fourth-order valence-electron chi connectivity index (χ4n) is 2.40. The summed E-state index contributed by atoms with van der Waals surface area (Å²) < 4.78 is 5.45. The summed E-state index contributed by atoms with van der Waals surface area (Å²) >= 11 is 11.7. The fourth-order valence-corrected chi connectivity index (χ4v) is 2.81. The molecule has 6 nitrogen and oxygen atoms in total. The maximum absolute atomic E-state index is 11.2. The lowest BCUT2D eigenvalue weighted by atomic mass is 10.2. The van der Waals surface area contributed by atoms with Gasteiger partial charge in [-0.1, -0.05) is 12.1 Å². The SMILES string of the molecule is COc1cc(N=Nc2ccccc2C(=O)O)ccc1N(CCCl)CCCl. The van der Waals surface area contributed by atoms with Crippen molar-refractivity contribution in [3.8, 4) is 5.75 Å². The zero-order valence-corrected chi connectivity index (χ0v) is 15.7. The number of benzene rings is 2. The minimum Gasteiger partial charge on any atom is -0.495 e. The van der Waals surface area contributed by atoms with Crippen LogP contribution >= 0.6 is 23.2 Å². The lowest BCUT2D eigenvalue weighted by Gasteiger charge is -2.24. The first-order valence-electron chi connectivity index (χ1n) is 7.89. The number of alkyl halides is 2. The van der Waals surface area contributed by atoms with Gasteiger partial charge in [0.2, 0.25) is 0 Å². The lowest BCUT2D eigenvalue weighted by molar-refractivity contribution is 0.0697. The van der Waals surface area contributed by atoms with Crippen molar-refractivity contribution >= 4 is 46.2 Å². The van der Waals surface area contributed by atoms with Crippen molar-refractivity contribution in [2.45, 2.75) is 0 Å². The van der Waals surface area contributed by atoms with E-state index in [1.165, 1.54) is 6.07 Å². The Morgan fingerprint density at radius 3 is 2.42 bits per heavy atom. The number of aromatic carboxylic acids is 1. The molecule has 0 aliphatic rings. The van der Waals surface area contributed by atoms with E-state index in [9.17, 15) is 9.90 Å². The molecule has 8 heteroatoms. The van der Waals surface area contributed by atoms with Crippen LogP contribution in [0.3, 0.4) is 0 Å². The third-order valence-electron chi connectivity index (χ3n) is 3.62. The number of halogens is 2. The molecule has 0 amide bonds. The number of anilines is 1. The largest absolute Gasteiger partial charge is 0.495 e. The lowest BCUT2D eigenvalue weighted by Crippen LogP contribution is -2.27. The summed E-state index contributed by atoms with van der Waals surface area (Å²) in [5, 5.41) is 17.4. The van der Waals surface area contributed by atoms with E-state index in [-0.39, 0.29) is 11.3 Å². The van der Waals surface area contributed by atoms with Gasteiger partial charge in [-0.2, -0.15) is 5.11 Å². The molecule has 0 atom stereocenters. The fraction of sp³-hybridized carbons (Fsp3) is 0.278. The number of carboxylic acid groups (broad SMARTS) is 1. The van der Waals surface area contributed by atoms with E-state index in [0.717, 1.165) is 5.69 Å². The van der Waals surface area contributed by atoms with Gasteiger partial charge >= 0.3 is 5.97 Å². The van der Waals surface area contributed by atoms with Gasteiger partial charge in [-0.05, 0) is 24.3 Å². The van der Waals surface area contributed by atoms with Crippen molar-refractivity contribution in [1.29, 1.82) is 0 Å². The number of methoxy groups -OCH3 is 1. The van der Waals surface area contributed by atoms with Gasteiger partial charge in [0.25, 0.3) is 0 Å². The van der Waals surface area contributed by atoms with Crippen LogP contribution in [-0.4, -0.2) is 43.0 Å². The maximum atomic E-state index is 11.2. The van der Waals surface area contributed by atoms with E-state index in [1.54, 1.807) is 37.4 Å². The number of nitrogens with zero attached hydrogens (tertiary/aromatic N) is 3. The molecule has 0 aliphatic carbocycles. The molecule has 2 aromatic carbocycles. The van der Waals surface area contributed by atoms with Crippen molar-refractivity contribution in [1.82, 2.24) is 0 Å². The molecular formula is C18H19Cl2N3O3. The molecule has 0 saturated carbocycles. The summed E-state index contributed by atoms with van der Waals surface area (Å²) in [5.74, 6) is 0.495. The van der Waals surface area contributed by atoms with Crippen LogP contribution in [0.4, 0.5) is 17.1 Å². The van der Waals surface area contributed by atoms with Gasteiger partial charge in [0.05, 0.1) is 24.0 Å². The van der Waals surface area contributed by atoms with Crippen molar-refractivity contribution in [3.05, 3.63) is 48.0 Å². The monoisotopic (exact) mass is 395 g/mol. The quantitative estimate of drug-likeness (QED) is 0.473. The van der Waals surface area contributed by atoms with Crippen LogP contribution in [0.5, 0.6) is 5.75 Å². The smallest absolute Gasteiger partial charge is 0.337 e. The molecule has 2 rings (SSSR count). The first kappa shape index (κ1) is 20.0. The Hall–Kier alpha value is -2.31. The Kier molecular flexibility index (Phi) is 7.69. The van der Waals surface area contributed by atoms with Gasteiger partial charge in [0.15, 0.2) is 0 Å². The van der Waals surface area contributed by atoms with E-state index >= 15 is 0 Å². The zero-order valence-electron chi connectivity index (χ0n) is 14.2. The molecular weight excluding hydrogens is 377 g/mol. The minimum atomic E-state index is -1.05. The number of azo groups is 1. The third kappa shape index (κ3) is 5.09. The summed E-state index contributed by atoms with van der Waals surface area (Å²) in [7, 11) is 1.57. The highest BCUT2D eigenvalue weighted by Crippen LogP contribution is 2.33. The molecule has 2 aromatic rings. The number of carbonyl (C=O) groups is 1. The van der Waals surface area contributed by atoms with Crippen LogP contribution in [0.25, 0.3) is 0 Å². The van der Waals surface area contributed by atoms with Crippen LogP contribution in [0, 0.1) is 0 Å². The van der Waals surface area contributed by atoms with Crippen LogP contribution in [-0.2, 0) is 0 Å². The van der Waals surface area contributed by atoms with Gasteiger partial charge < -0.3 is 14.7 Å². The molecule has 0 aliphatic heterocycles. The highest BCUT2D eigenvalue weighted by Gasteiger charge is 2.13. The van der Waals surface area contributed by atoms with Gasteiger partial charge in [-0.25, -0.2) is 4.79 Å². The van der Waals surface area contributed by atoms with E-state index in [2.05, 4.69) is 10.2 Å². The van der Waals surface area contributed by atoms with E-state index < -0.39 is 5.97 Å². The molecule has 0 saturated heterocycles. The average Bonchev–Trinajstić information content (AvgIpc) is 2.66. The number of rotatable bonds is 9. The van der Waals surface area contributed by atoms with Crippen LogP contribution in [0.2, 0.25) is 0 Å². The van der Waals surface area contributed by atoms with E-state index in [1.807, 2.05) is 11.0 Å². The second kappa shape index (κ2) is 9.99. The predicted molar refractivity (Wildman–Crippen MR) is 104 cm³/mol. The van der Waals surface area contributed by atoms with Crippen LogP contribution < -0.4 is 9.64 Å². The van der Waals surface area contributed by atoms with E-state index in [0.29, 0.717) is 36.3 Å². The summed E-state index contributed by atoms with van der Waals surface area (Å²) in [6, 6.07) is 11.8. The van der Waals surface area contributed by atoms with Crippen LogP contribution in [0.15, 0.2) is 52.7 Å². The molecule has 138 valence electrons. The molecule has 0 heterocycles. The number of carboxylic acids is 1. The third-order valence-corrected chi connectivity index (χ3v) is 3.96. The molecule has 0 aromatic heterocycles. The number of ether oxygens (including phenoxy) is 1. The van der Waals surface area contributed by atoms with E-state index in [4.69, 9.17) is 27.9 Å². The second-order valence-corrected chi connectivity index (χ2v) is 6.00. The van der Waals surface area contributed by atoms with Crippen molar-refractivity contribution in [3.63, 3.8) is 0 Å². The Morgan fingerprint density at radius 2 is 1.81 bits per heavy atom. The highest BCUT2D eigenvalue weighted by molar-refractivity contribution is 6.18. The van der Waals surface area contributed by atoms with Crippen molar-refractivity contribution in [2.24, 2.45) is 10.2 Å². The standard InChI is InChI=1S/C18H19Cl2N3O3/c1-26-17-12-13(6-7-16(17)23(10-8-19)11-9-20)21-22-15-5-3-2-4-14(15)18(24)25/h2-7,12H,8-11H2,1H3,(H,24,25). The Balaban J connectivity index is 2.30. The average molecular weight is 396 g/mol. The van der Waals surface area contributed by atoms with Gasteiger partial charge in [-0.3, -0.25) is 0 Å². The van der Waals surface area contributed by atoms with Gasteiger partial charge in [0.1, 0.15) is 11.4 Å². The minimum absolute atomic E-state index is 0.0928. The Morgan fingerprint density at radius 1 is 1.12 bits per heavy atom. The molecule has 1 N–H and O–H groups in total. The molecule has 0 unspecified atom stereocenters. The number of hydrogen-bond acceptors (Lipinski definition) is 5. The molecule has 0 spiro atoms. The first-order chi connectivity index (χ1) is 12.6. The van der Waals surface area contributed by atoms with Gasteiger partial charge in [-0.15, -0.1) is 28.3 Å². The summed E-state index contributed by atoms with van der Waals surface area (Å²) in [4.78, 5) is 13.3. The van der Waals surface area contributed by atoms with Crippen LogP contribution in [0.1, 0.15) is 10.4 Å². The summed E-state index contributed by atoms with van der Waals surface area (Å²) in [6.45, 7) is 1.27. The topological polar surface area (TPSA) is 74.5 Å². The molecule has 26 heavy (non-hydrogen) atoms. The maximum Gasteiger partial charge on any atom is 0.337 e. The normalized spacial score (nSPS) is 10.9. The van der Waals surface area contributed by atoms with Crippen molar-refractivity contribution in [2.75, 3.05) is 36.9 Å². The number of hydrogen-bond donors (Lipinski definition) is 1. The highest BCUT2D eigenvalue weighted by atomic mass is 35.5. The molecule has 0 radical (unpaired) electrons. The second-order valence-electron chi connectivity index (χ2n) is 5.24. The Labute approximate surface area is 162 Å². The zero-order chi connectivity index (χ0) is 18.9. The summed E-state index contributed by atoms with van der Waals surface area (Å²) in [6.07, 6.45) is 0. The molecule has 0 fully saturated rings. The Bertz CT molecular complexity index is 778. The first-order valence-corrected chi connectivity index (χ1v) is 8.96. The molecule has 0 bridgehead atoms.